The van der Waals surface area contributed by atoms with Crippen LogP contribution in [-0.2, 0) is 4.79 Å². The minimum absolute atomic E-state index is 0.0959. The highest BCUT2D eigenvalue weighted by Crippen LogP contribution is 2.18. The Bertz CT molecular complexity index is 119. The molecule has 0 aliphatic rings. The standard InChI is InChI=1S/C9H17ClO/c1-4-8(5-2)6-9(10)7(3)11/h8-9H,4-6H2,1-3H3. The van der Waals surface area contributed by atoms with E-state index in [0.717, 1.165) is 19.3 Å². The second kappa shape index (κ2) is 5.59. The van der Waals surface area contributed by atoms with Crippen molar-refractivity contribution in [2.24, 2.45) is 5.92 Å². The largest absolute Gasteiger partial charge is 0.298 e. The highest BCUT2D eigenvalue weighted by atomic mass is 35.5. The molecule has 0 amide bonds. The maximum Gasteiger partial charge on any atom is 0.147 e. The highest BCUT2D eigenvalue weighted by Gasteiger charge is 2.14. The Labute approximate surface area is 74.1 Å². The molecular weight excluding hydrogens is 160 g/mol. The zero-order valence-corrected chi connectivity index (χ0v) is 8.32. The van der Waals surface area contributed by atoms with Gasteiger partial charge in [-0.05, 0) is 19.3 Å². The molecule has 1 atom stereocenters. The first kappa shape index (κ1) is 11.0. The Hall–Kier alpha value is -0.0400. The monoisotopic (exact) mass is 176 g/mol. The second-order valence-corrected chi connectivity index (χ2v) is 3.52. The Balaban J connectivity index is 3.71. The van der Waals surface area contributed by atoms with Crippen LogP contribution in [-0.4, -0.2) is 11.2 Å². The minimum Gasteiger partial charge on any atom is -0.298 e. The molecule has 2 heteroatoms. The van der Waals surface area contributed by atoms with Gasteiger partial charge in [0.1, 0.15) is 5.78 Å². The molecule has 0 saturated carbocycles. The van der Waals surface area contributed by atoms with Crippen molar-refractivity contribution in [1.82, 2.24) is 0 Å². The van der Waals surface area contributed by atoms with E-state index < -0.39 is 0 Å². The van der Waals surface area contributed by atoms with Gasteiger partial charge in [-0.2, -0.15) is 0 Å². The van der Waals surface area contributed by atoms with Crippen LogP contribution in [0, 0.1) is 5.92 Å². The maximum atomic E-state index is 10.8. The molecule has 0 bridgehead atoms. The van der Waals surface area contributed by atoms with E-state index in [0.29, 0.717) is 5.92 Å². The summed E-state index contributed by atoms with van der Waals surface area (Å²) in [7, 11) is 0. The number of alkyl halides is 1. The molecule has 11 heavy (non-hydrogen) atoms. The molecule has 0 aromatic rings. The van der Waals surface area contributed by atoms with Crippen molar-refractivity contribution in [2.45, 2.75) is 45.4 Å². The first-order chi connectivity index (χ1) is 5.11. The molecule has 0 aromatic carbocycles. The fourth-order valence-corrected chi connectivity index (χ4v) is 1.33. The molecule has 0 heterocycles. The summed E-state index contributed by atoms with van der Waals surface area (Å²) in [4.78, 5) is 10.8. The predicted molar refractivity (Wildman–Crippen MR) is 49.0 cm³/mol. The van der Waals surface area contributed by atoms with E-state index in [4.69, 9.17) is 11.6 Å². The van der Waals surface area contributed by atoms with E-state index >= 15 is 0 Å². The third-order valence-corrected chi connectivity index (χ3v) is 2.62. The minimum atomic E-state index is -0.264. The van der Waals surface area contributed by atoms with Crippen molar-refractivity contribution < 1.29 is 4.79 Å². The fraction of sp³-hybridized carbons (Fsp3) is 0.889. The van der Waals surface area contributed by atoms with Crippen LogP contribution in [0.25, 0.3) is 0 Å². The Morgan fingerprint density at radius 1 is 1.36 bits per heavy atom. The first-order valence-corrected chi connectivity index (χ1v) is 4.69. The molecule has 0 aliphatic carbocycles. The average Bonchev–Trinajstić information content (AvgIpc) is 1.99. The van der Waals surface area contributed by atoms with E-state index in [2.05, 4.69) is 13.8 Å². The number of Topliss-reactive ketones (excluding diaryl/α,β-unsaturated/α-hetero) is 1. The maximum absolute atomic E-state index is 10.8. The lowest BCUT2D eigenvalue weighted by atomic mass is 9.96. The van der Waals surface area contributed by atoms with Gasteiger partial charge in [0.25, 0.3) is 0 Å². The normalized spacial score (nSPS) is 13.5. The van der Waals surface area contributed by atoms with Gasteiger partial charge in [0.05, 0.1) is 5.38 Å². The summed E-state index contributed by atoms with van der Waals surface area (Å²) in [6.45, 7) is 5.83. The van der Waals surface area contributed by atoms with Gasteiger partial charge >= 0.3 is 0 Å². The van der Waals surface area contributed by atoms with Gasteiger partial charge in [0.2, 0.25) is 0 Å². The van der Waals surface area contributed by atoms with Crippen LogP contribution >= 0.6 is 11.6 Å². The fourth-order valence-electron chi connectivity index (χ4n) is 1.08. The molecule has 0 rings (SSSR count). The van der Waals surface area contributed by atoms with Crippen LogP contribution in [0.2, 0.25) is 0 Å². The quantitative estimate of drug-likeness (QED) is 0.589. The van der Waals surface area contributed by atoms with Crippen LogP contribution in [0.5, 0.6) is 0 Å². The van der Waals surface area contributed by atoms with Crippen LogP contribution < -0.4 is 0 Å². The summed E-state index contributed by atoms with van der Waals surface area (Å²) in [6.07, 6.45) is 3.07. The molecule has 0 saturated heterocycles. The van der Waals surface area contributed by atoms with Gasteiger partial charge in [0.15, 0.2) is 0 Å². The predicted octanol–water partition coefficient (Wildman–Crippen LogP) is 3.01. The molecule has 66 valence electrons. The van der Waals surface area contributed by atoms with Crippen LogP contribution in [0.4, 0.5) is 0 Å². The number of rotatable bonds is 5. The SMILES string of the molecule is CCC(CC)CC(Cl)C(C)=O. The molecule has 0 spiro atoms. The summed E-state index contributed by atoms with van der Waals surface area (Å²) < 4.78 is 0. The van der Waals surface area contributed by atoms with Gasteiger partial charge in [0, 0.05) is 0 Å². The van der Waals surface area contributed by atoms with Crippen molar-refractivity contribution in [1.29, 1.82) is 0 Å². The number of hydrogen-bond donors (Lipinski definition) is 0. The molecule has 0 aliphatic heterocycles. The number of carbonyl (C=O) groups is 1. The van der Waals surface area contributed by atoms with Crippen molar-refractivity contribution in [3.05, 3.63) is 0 Å². The molecule has 0 radical (unpaired) electrons. The number of halogens is 1. The molecule has 0 aromatic heterocycles. The average molecular weight is 177 g/mol. The smallest absolute Gasteiger partial charge is 0.147 e. The van der Waals surface area contributed by atoms with Gasteiger partial charge in [-0.15, -0.1) is 11.6 Å². The molecule has 0 fully saturated rings. The number of carbonyl (C=O) groups excluding carboxylic acids is 1. The topological polar surface area (TPSA) is 17.1 Å². The Morgan fingerprint density at radius 3 is 2.09 bits per heavy atom. The third kappa shape index (κ3) is 4.41. The summed E-state index contributed by atoms with van der Waals surface area (Å²) in [5, 5.41) is -0.264. The zero-order valence-electron chi connectivity index (χ0n) is 7.56. The molecule has 1 nitrogen and oxygen atoms in total. The lowest BCUT2D eigenvalue weighted by Gasteiger charge is -2.13. The van der Waals surface area contributed by atoms with E-state index in [1.54, 1.807) is 6.92 Å². The van der Waals surface area contributed by atoms with Gasteiger partial charge in [-0.1, -0.05) is 26.7 Å². The summed E-state index contributed by atoms with van der Waals surface area (Å²) in [5.41, 5.74) is 0. The molecule has 0 N–H and O–H groups in total. The summed E-state index contributed by atoms with van der Waals surface area (Å²) in [6, 6.07) is 0. The Morgan fingerprint density at radius 2 is 1.82 bits per heavy atom. The van der Waals surface area contributed by atoms with E-state index in [1.165, 1.54) is 0 Å². The highest BCUT2D eigenvalue weighted by molar-refractivity contribution is 6.30. The lowest BCUT2D eigenvalue weighted by molar-refractivity contribution is -0.117. The summed E-state index contributed by atoms with van der Waals surface area (Å²) in [5.74, 6) is 0.708. The second-order valence-electron chi connectivity index (χ2n) is 3.00. The van der Waals surface area contributed by atoms with Gasteiger partial charge in [-0.25, -0.2) is 0 Å². The van der Waals surface area contributed by atoms with E-state index in [9.17, 15) is 4.79 Å². The summed E-state index contributed by atoms with van der Waals surface area (Å²) >= 11 is 5.82. The van der Waals surface area contributed by atoms with Crippen LogP contribution in [0.3, 0.4) is 0 Å². The zero-order chi connectivity index (χ0) is 8.85. The van der Waals surface area contributed by atoms with E-state index in [1.807, 2.05) is 0 Å². The van der Waals surface area contributed by atoms with Crippen molar-refractivity contribution in [3.8, 4) is 0 Å². The Kier molecular flexibility index (Phi) is 5.57. The van der Waals surface area contributed by atoms with Crippen molar-refractivity contribution in [3.63, 3.8) is 0 Å². The van der Waals surface area contributed by atoms with E-state index in [-0.39, 0.29) is 11.2 Å². The van der Waals surface area contributed by atoms with Crippen molar-refractivity contribution in [2.75, 3.05) is 0 Å². The number of ketones is 1. The lowest BCUT2D eigenvalue weighted by Crippen LogP contribution is -2.14. The van der Waals surface area contributed by atoms with Crippen LogP contribution in [0.1, 0.15) is 40.0 Å². The van der Waals surface area contributed by atoms with Gasteiger partial charge < -0.3 is 0 Å². The first-order valence-electron chi connectivity index (χ1n) is 4.26. The molecule has 1 unspecified atom stereocenters. The molecular formula is C9H17ClO. The van der Waals surface area contributed by atoms with Crippen LogP contribution in [0.15, 0.2) is 0 Å². The number of hydrogen-bond acceptors (Lipinski definition) is 1. The third-order valence-electron chi connectivity index (χ3n) is 2.14. The van der Waals surface area contributed by atoms with Gasteiger partial charge in [-0.3, -0.25) is 4.79 Å². The van der Waals surface area contributed by atoms with Crippen molar-refractivity contribution >= 4 is 17.4 Å².